The summed E-state index contributed by atoms with van der Waals surface area (Å²) in [6.45, 7) is 0. The predicted octanol–water partition coefficient (Wildman–Crippen LogP) is 2.92. The Hall–Kier alpha value is -1.87. The minimum Gasteiger partial charge on any atom is -0.315 e. The number of anilines is 1. The van der Waals surface area contributed by atoms with Crippen molar-refractivity contribution in [2.75, 3.05) is 11.9 Å². The van der Waals surface area contributed by atoms with Crippen molar-refractivity contribution in [1.82, 2.24) is 4.98 Å². The Morgan fingerprint density at radius 3 is 2.83 bits per heavy atom. The molecule has 90 valence electrons. The van der Waals surface area contributed by atoms with E-state index in [0.29, 0.717) is 11.4 Å². The van der Waals surface area contributed by atoms with Crippen LogP contribution >= 0.6 is 11.6 Å². The first-order chi connectivity index (χ1) is 8.65. The summed E-state index contributed by atoms with van der Waals surface area (Å²) in [6, 6.07) is 7.86. The number of fused-ring (bicyclic) bond motifs is 1. The maximum atomic E-state index is 11.6. The molecule has 0 fully saturated rings. The molecule has 1 aliphatic heterocycles. The van der Waals surface area contributed by atoms with Gasteiger partial charge in [0, 0.05) is 30.7 Å². The predicted molar refractivity (Wildman–Crippen MR) is 71.8 cm³/mol. The van der Waals surface area contributed by atoms with E-state index >= 15 is 0 Å². The fourth-order valence-corrected chi connectivity index (χ4v) is 2.39. The Morgan fingerprint density at radius 2 is 2.06 bits per heavy atom. The first kappa shape index (κ1) is 11.2. The van der Waals surface area contributed by atoms with E-state index in [1.165, 1.54) is 0 Å². The van der Waals surface area contributed by atoms with Gasteiger partial charge in [0.25, 0.3) is 0 Å². The molecule has 4 heteroatoms. The Morgan fingerprint density at radius 1 is 1.22 bits per heavy atom. The van der Waals surface area contributed by atoms with Gasteiger partial charge in [0.05, 0.1) is 11.4 Å². The van der Waals surface area contributed by atoms with Crippen molar-refractivity contribution in [3.8, 4) is 11.1 Å². The van der Waals surface area contributed by atoms with E-state index in [-0.39, 0.29) is 5.91 Å². The van der Waals surface area contributed by atoms with E-state index in [4.69, 9.17) is 11.6 Å². The number of hydrogen-bond donors (Lipinski definition) is 0. The van der Waals surface area contributed by atoms with Gasteiger partial charge in [0.1, 0.15) is 0 Å². The lowest BCUT2D eigenvalue weighted by Gasteiger charge is -2.10. The second kappa shape index (κ2) is 4.10. The maximum Gasteiger partial charge on any atom is 0.231 e. The summed E-state index contributed by atoms with van der Waals surface area (Å²) in [7, 11) is 1.80. The lowest BCUT2D eigenvalue weighted by Crippen LogP contribution is -2.20. The van der Waals surface area contributed by atoms with Crippen LogP contribution in [0.1, 0.15) is 5.56 Å². The fraction of sp³-hybridized carbons (Fsp3) is 0.143. The summed E-state index contributed by atoms with van der Waals surface area (Å²) in [4.78, 5) is 17.4. The van der Waals surface area contributed by atoms with Crippen LogP contribution in [-0.2, 0) is 11.2 Å². The Labute approximate surface area is 110 Å². The molecule has 0 atom stereocenters. The summed E-state index contributed by atoms with van der Waals surface area (Å²) in [5.41, 5.74) is 4.04. The molecule has 0 saturated heterocycles. The number of benzene rings is 1. The highest BCUT2D eigenvalue weighted by molar-refractivity contribution is 6.30. The second-order valence-electron chi connectivity index (χ2n) is 4.36. The molecule has 1 aromatic heterocycles. The highest BCUT2D eigenvalue weighted by atomic mass is 35.5. The van der Waals surface area contributed by atoms with Crippen molar-refractivity contribution in [2.24, 2.45) is 0 Å². The van der Waals surface area contributed by atoms with Crippen molar-refractivity contribution in [2.45, 2.75) is 6.42 Å². The fourth-order valence-electron chi connectivity index (χ4n) is 2.22. The molecule has 0 N–H and O–H groups in total. The third-order valence-corrected chi connectivity index (χ3v) is 3.40. The molecule has 0 radical (unpaired) electrons. The van der Waals surface area contributed by atoms with Crippen molar-refractivity contribution in [3.63, 3.8) is 0 Å². The highest BCUT2D eigenvalue weighted by Gasteiger charge is 2.23. The van der Waals surface area contributed by atoms with E-state index in [2.05, 4.69) is 4.98 Å². The molecule has 0 spiro atoms. The second-order valence-corrected chi connectivity index (χ2v) is 4.80. The molecule has 0 saturated carbocycles. The van der Waals surface area contributed by atoms with E-state index in [1.54, 1.807) is 24.3 Å². The molecule has 3 rings (SSSR count). The van der Waals surface area contributed by atoms with Crippen LogP contribution in [0, 0.1) is 0 Å². The van der Waals surface area contributed by atoms with Gasteiger partial charge in [-0.3, -0.25) is 9.78 Å². The molecule has 1 aromatic carbocycles. The first-order valence-corrected chi connectivity index (χ1v) is 6.03. The van der Waals surface area contributed by atoms with Crippen molar-refractivity contribution >= 4 is 23.2 Å². The van der Waals surface area contributed by atoms with Gasteiger partial charge in [0.2, 0.25) is 5.91 Å². The van der Waals surface area contributed by atoms with Gasteiger partial charge in [-0.15, -0.1) is 0 Å². The van der Waals surface area contributed by atoms with Crippen LogP contribution in [0.15, 0.2) is 36.7 Å². The number of carbonyl (C=O) groups excluding carboxylic acids is 1. The number of rotatable bonds is 1. The molecular formula is C14H11ClN2O. The molecule has 0 unspecified atom stereocenters. The molecule has 18 heavy (non-hydrogen) atoms. The molecular weight excluding hydrogens is 248 g/mol. The van der Waals surface area contributed by atoms with Crippen LogP contribution < -0.4 is 4.90 Å². The first-order valence-electron chi connectivity index (χ1n) is 5.65. The molecule has 0 bridgehead atoms. The summed E-state index contributed by atoms with van der Waals surface area (Å²) in [5.74, 6) is 0.131. The molecule has 2 aromatic rings. The third kappa shape index (κ3) is 1.77. The van der Waals surface area contributed by atoms with Gasteiger partial charge >= 0.3 is 0 Å². The number of nitrogens with zero attached hydrogens (tertiary/aromatic N) is 2. The SMILES string of the molecule is CN1C(=O)Cc2cc(-c3cncc(Cl)c3)ccc21. The van der Waals surface area contributed by atoms with Gasteiger partial charge in [-0.2, -0.15) is 0 Å². The van der Waals surface area contributed by atoms with Gasteiger partial charge in [-0.05, 0) is 29.3 Å². The number of aromatic nitrogens is 1. The quantitative estimate of drug-likeness (QED) is 0.788. The van der Waals surface area contributed by atoms with E-state index in [0.717, 1.165) is 22.4 Å². The van der Waals surface area contributed by atoms with Gasteiger partial charge in [0.15, 0.2) is 0 Å². The van der Waals surface area contributed by atoms with E-state index < -0.39 is 0 Å². The Bertz CT molecular complexity index is 639. The monoisotopic (exact) mass is 258 g/mol. The van der Waals surface area contributed by atoms with Crippen LogP contribution in [-0.4, -0.2) is 17.9 Å². The number of amides is 1. The van der Waals surface area contributed by atoms with Crippen molar-refractivity contribution in [3.05, 3.63) is 47.2 Å². The van der Waals surface area contributed by atoms with Crippen LogP contribution in [0.3, 0.4) is 0 Å². The van der Waals surface area contributed by atoms with E-state index in [1.807, 2.05) is 24.3 Å². The zero-order valence-corrected chi connectivity index (χ0v) is 10.6. The maximum absolute atomic E-state index is 11.6. The smallest absolute Gasteiger partial charge is 0.231 e. The molecule has 3 nitrogen and oxygen atoms in total. The van der Waals surface area contributed by atoms with Crippen LogP contribution in [0.5, 0.6) is 0 Å². The van der Waals surface area contributed by atoms with Crippen LogP contribution in [0.2, 0.25) is 5.02 Å². The number of hydrogen-bond acceptors (Lipinski definition) is 2. The zero-order valence-electron chi connectivity index (χ0n) is 9.85. The van der Waals surface area contributed by atoms with Gasteiger partial charge in [-0.25, -0.2) is 0 Å². The number of likely N-dealkylation sites (N-methyl/N-ethyl adjacent to an activating group) is 1. The molecule has 0 aliphatic carbocycles. The zero-order chi connectivity index (χ0) is 12.7. The largest absolute Gasteiger partial charge is 0.315 e. The van der Waals surface area contributed by atoms with Gasteiger partial charge in [-0.1, -0.05) is 17.7 Å². The van der Waals surface area contributed by atoms with Crippen molar-refractivity contribution in [1.29, 1.82) is 0 Å². The minimum atomic E-state index is 0.131. The van der Waals surface area contributed by atoms with Gasteiger partial charge < -0.3 is 4.90 Å². The summed E-state index contributed by atoms with van der Waals surface area (Å²) < 4.78 is 0. The Balaban J connectivity index is 2.07. The topological polar surface area (TPSA) is 33.2 Å². The normalized spacial score (nSPS) is 13.9. The lowest BCUT2D eigenvalue weighted by molar-refractivity contribution is -0.117. The average Bonchev–Trinajstić information content (AvgIpc) is 2.65. The average molecular weight is 259 g/mol. The lowest BCUT2D eigenvalue weighted by atomic mass is 10.0. The number of halogens is 1. The van der Waals surface area contributed by atoms with Crippen LogP contribution in [0.25, 0.3) is 11.1 Å². The van der Waals surface area contributed by atoms with Crippen LogP contribution in [0.4, 0.5) is 5.69 Å². The summed E-state index contributed by atoms with van der Waals surface area (Å²) in [6.07, 6.45) is 3.84. The standard InChI is InChI=1S/C14H11ClN2O/c1-17-13-3-2-9(4-10(13)6-14(17)18)11-5-12(15)8-16-7-11/h2-5,7-8H,6H2,1H3. The molecule has 1 aliphatic rings. The highest BCUT2D eigenvalue weighted by Crippen LogP contribution is 2.32. The summed E-state index contributed by atoms with van der Waals surface area (Å²) >= 11 is 5.93. The minimum absolute atomic E-state index is 0.131. The van der Waals surface area contributed by atoms with E-state index in [9.17, 15) is 4.79 Å². The summed E-state index contributed by atoms with van der Waals surface area (Å²) in [5, 5.41) is 0.612. The molecule has 2 heterocycles. The molecule has 1 amide bonds. The Kier molecular flexibility index (Phi) is 2.56. The number of pyridine rings is 1. The third-order valence-electron chi connectivity index (χ3n) is 3.19. The van der Waals surface area contributed by atoms with Crippen molar-refractivity contribution < 1.29 is 4.79 Å². The number of carbonyl (C=O) groups is 1.